The summed E-state index contributed by atoms with van der Waals surface area (Å²) in [5, 5.41) is 0. The van der Waals surface area contributed by atoms with Gasteiger partial charge in [-0.2, -0.15) is 0 Å². The molecule has 2 saturated heterocycles. The lowest BCUT2D eigenvalue weighted by Gasteiger charge is -2.36. The van der Waals surface area contributed by atoms with Crippen LogP contribution >= 0.6 is 0 Å². The van der Waals surface area contributed by atoms with Crippen molar-refractivity contribution in [2.24, 2.45) is 0 Å². The number of amides is 1. The fourth-order valence-corrected chi connectivity index (χ4v) is 4.43. The van der Waals surface area contributed by atoms with Gasteiger partial charge in [0.2, 0.25) is 0 Å². The predicted molar refractivity (Wildman–Crippen MR) is 116 cm³/mol. The summed E-state index contributed by atoms with van der Waals surface area (Å²) >= 11 is 0. The van der Waals surface area contributed by atoms with Crippen LogP contribution in [0, 0.1) is 5.82 Å². The molecule has 4 rings (SSSR count). The number of carbonyl (C=O) groups is 1. The van der Waals surface area contributed by atoms with Crippen LogP contribution in [0.3, 0.4) is 0 Å². The number of morpholine rings is 1. The number of hydrogen-bond donors (Lipinski definition) is 0. The fraction of sp³-hybridized carbons (Fsp3) is 0.458. The summed E-state index contributed by atoms with van der Waals surface area (Å²) in [5.74, 6) is -0.150. The third kappa shape index (κ3) is 4.99. The monoisotopic (exact) mass is 411 g/mol. The second kappa shape index (κ2) is 9.14. The first-order valence-corrected chi connectivity index (χ1v) is 10.7. The van der Waals surface area contributed by atoms with E-state index in [4.69, 9.17) is 4.74 Å². The lowest BCUT2D eigenvalue weighted by Crippen LogP contribution is -2.48. The van der Waals surface area contributed by atoms with Crippen molar-refractivity contribution in [3.63, 3.8) is 0 Å². The number of ether oxygens (including phenoxy) is 1. The van der Waals surface area contributed by atoms with Crippen LogP contribution in [0.15, 0.2) is 48.5 Å². The van der Waals surface area contributed by atoms with Gasteiger partial charge in [-0.25, -0.2) is 4.39 Å². The maximum atomic E-state index is 13.1. The summed E-state index contributed by atoms with van der Waals surface area (Å²) in [6.45, 7) is 9.81. The van der Waals surface area contributed by atoms with Crippen LogP contribution in [0.25, 0.3) is 0 Å². The molecule has 30 heavy (non-hydrogen) atoms. The van der Waals surface area contributed by atoms with Crippen molar-refractivity contribution in [1.82, 2.24) is 9.80 Å². The van der Waals surface area contributed by atoms with Crippen molar-refractivity contribution in [3.05, 3.63) is 65.5 Å². The zero-order valence-corrected chi connectivity index (χ0v) is 17.8. The number of rotatable bonds is 4. The molecule has 2 heterocycles. The Hall–Kier alpha value is -2.44. The van der Waals surface area contributed by atoms with E-state index in [2.05, 4.69) is 35.8 Å². The summed E-state index contributed by atoms with van der Waals surface area (Å²) in [7, 11) is 0. The van der Waals surface area contributed by atoms with Crippen molar-refractivity contribution >= 4 is 11.6 Å². The minimum absolute atomic E-state index is 0.0777. The highest BCUT2D eigenvalue weighted by molar-refractivity contribution is 5.94. The van der Waals surface area contributed by atoms with Gasteiger partial charge in [0.1, 0.15) is 5.82 Å². The van der Waals surface area contributed by atoms with E-state index in [0.717, 1.165) is 44.0 Å². The number of anilines is 1. The maximum Gasteiger partial charge on any atom is 0.253 e. The quantitative estimate of drug-likeness (QED) is 0.773. The van der Waals surface area contributed by atoms with Gasteiger partial charge in [-0.15, -0.1) is 0 Å². The average Bonchev–Trinajstić information content (AvgIpc) is 2.74. The highest BCUT2D eigenvalue weighted by Crippen LogP contribution is 2.19. The van der Waals surface area contributed by atoms with Crippen LogP contribution in [-0.4, -0.2) is 67.2 Å². The zero-order chi connectivity index (χ0) is 21.1. The van der Waals surface area contributed by atoms with Gasteiger partial charge in [0, 0.05) is 57.1 Å². The van der Waals surface area contributed by atoms with Crippen molar-refractivity contribution in [2.45, 2.75) is 32.6 Å². The molecule has 0 aliphatic carbocycles. The molecule has 2 aliphatic rings. The molecule has 0 radical (unpaired) electrons. The number of halogens is 1. The topological polar surface area (TPSA) is 36.0 Å². The van der Waals surface area contributed by atoms with E-state index in [1.165, 1.54) is 17.7 Å². The molecular weight excluding hydrogens is 381 g/mol. The fourth-order valence-electron chi connectivity index (χ4n) is 4.43. The third-order valence-corrected chi connectivity index (χ3v) is 5.86. The van der Waals surface area contributed by atoms with Crippen molar-refractivity contribution in [3.8, 4) is 0 Å². The molecule has 2 fully saturated rings. The molecule has 1 amide bonds. The van der Waals surface area contributed by atoms with E-state index >= 15 is 0 Å². The molecular formula is C24H30FN3O2. The Labute approximate surface area is 178 Å². The summed E-state index contributed by atoms with van der Waals surface area (Å²) in [4.78, 5) is 19.4. The normalized spacial score (nSPS) is 22.9. The molecule has 0 bridgehead atoms. The molecule has 6 heteroatoms. The van der Waals surface area contributed by atoms with Crippen LogP contribution in [0.1, 0.15) is 29.8 Å². The van der Waals surface area contributed by atoms with Crippen LogP contribution in [0.4, 0.5) is 10.1 Å². The molecule has 2 aromatic rings. The van der Waals surface area contributed by atoms with Gasteiger partial charge in [0.15, 0.2) is 0 Å². The van der Waals surface area contributed by atoms with Gasteiger partial charge in [-0.1, -0.05) is 12.1 Å². The Kier molecular flexibility index (Phi) is 6.35. The van der Waals surface area contributed by atoms with E-state index in [-0.39, 0.29) is 23.9 Å². The first-order chi connectivity index (χ1) is 14.5. The highest BCUT2D eigenvalue weighted by atomic mass is 19.1. The minimum atomic E-state index is -0.228. The number of hydrogen-bond acceptors (Lipinski definition) is 4. The Morgan fingerprint density at radius 3 is 2.13 bits per heavy atom. The van der Waals surface area contributed by atoms with Gasteiger partial charge in [0.25, 0.3) is 5.91 Å². The van der Waals surface area contributed by atoms with Crippen molar-refractivity contribution < 1.29 is 13.9 Å². The zero-order valence-electron chi connectivity index (χ0n) is 17.8. The maximum absolute atomic E-state index is 13.1. The minimum Gasteiger partial charge on any atom is -0.373 e. The molecule has 2 atom stereocenters. The Balaban J connectivity index is 1.31. The highest BCUT2D eigenvalue weighted by Gasteiger charge is 2.24. The first-order valence-electron chi connectivity index (χ1n) is 10.7. The molecule has 0 unspecified atom stereocenters. The second-order valence-corrected chi connectivity index (χ2v) is 8.40. The lowest BCUT2D eigenvalue weighted by molar-refractivity contribution is -0.0704. The summed E-state index contributed by atoms with van der Waals surface area (Å²) in [6.07, 6.45) is 0.506. The third-order valence-electron chi connectivity index (χ3n) is 5.86. The number of nitrogens with zero attached hydrogens (tertiary/aromatic N) is 3. The van der Waals surface area contributed by atoms with Crippen LogP contribution < -0.4 is 4.90 Å². The number of piperazine rings is 1. The SMILES string of the molecule is C[C@@H]1CN(Cc2ccc(C(=O)N3CCN(c4ccc(F)cc4)CC3)cc2)C[C@@H](C)O1. The van der Waals surface area contributed by atoms with Crippen LogP contribution in [0.2, 0.25) is 0 Å². The molecule has 2 aliphatic heterocycles. The number of carbonyl (C=O) groups excluding carboxylic acids is 1. The number of benzene rings is 2. The first kappa shape index (κ1) is 20.8. The molecule has 2 aromatic carbocycles. The standard InChI is InChI=1S/C24H30FN3O2/c1-18-15-26(16-19(2)30-18)17-20-3-5-21(6-4-20)24(29)28-13-11-27(12-14-28)23-9-7-22(25)8-10-23/h3-10,18-19H,11-17H2,1-2H3/t18-,19-/m1/s1. The Bertz CT molecular complexity index is 838. The average molecular weight is 412 g/mol. The van der Waals surface area contributed by atoms with Crippen LogP contribution in [-0.2, 0) is 11.3 Å². The second-order valence-electron chi connectivity index (χ2n) is 8.40. The van der Waals surface area contributed by atoms with E-state index < -0.39 is 0 Å². The predicted octanol–water partition coefficient (Wildman–Crippen LogP) is 3.40. The van der Waals surface area contributed by atoms with Crippen molar-refractivity contribution in [2.75, 3.05) is 44.2 Å². The Morgan fingerprint density at radius 1 is 0.933 bits per heavy atom. The van der Waals surface area contributed by atoms with E-state index in [1.807, 2.05) is 17.0 Å². The molecule has 160 valence electrons. The molecule has 0 spiro atoms. The van der Waals surface area contributed by atoms with E-state index in [1.54, 1.807) is 12.1 Å². The van der Waals surface area contributed by atoms with Gasteiger partial charge < -0.3 is 14.5 Å². The van der Waals surface area contributed by atoms with Crippen molar-refractivity contribution in [1.29, 1.82) is 0 Å². The molecule has 0 N–H and O–H groups in total. The summed E-state index contributed by atoms with van der Waals surface area (Å²) in [5.41, 5.74) is 2.95. The van der Waals surface area contributed by atoms with Gasteiger partial charge in [-0.05, 0) is 55.8 Å². The van der Waals surface area contributed by atoms with E-state index in [9.17, 15) is 9.18 Å². The molecule has 0 aromatic heterocycles. The van der Waals surface area contributed by atoms with Gasteiger partial charge in [-0.3, -0.25) is 9.69 Å². The summed E-state index contributed by atoms with van der Waals surface area (Å²) < 4.78 is 18.9. The lowest BCUT2D eigenvalue weighted by atomic mass is 10.1. The summed E-state index contributed by atoms with van der Waals surface area (Å²) in [6, 6.07) is 14.6. The van der Waals surface area contributed by atoms with E-state index in [0.29, 0.717) is 13.1 Å². The molecule has 5 nitrogen and oxygen atoms in total. The van der Waals surface area contributed by atoms with Gasteiger partial charge in [0.05, 0.1) is 12.2 Å². The van der Waals surface area contributed by atoms with Gasteiger partial charge >= 0.3 is 0 Å². The largest absolute Gasteiger partial charge is 0.373 e. The smallest absolute Gasteiger partial charge is 0.253 e. The van der Waals surface area contributed by atoms with Crippen LogP contribution in [0.5, 0.6) is 0 Å². The molecule has 0 saturated carbocycles. The Morgan fingerprint density at radius 2 is 1.53 bits per heavy atom.